The van der Waals surface area contributed by atoms with E-state index in [0.717, 1.165) is 25.8 Å². The Kier molecular flexibility index (Phi) is 2.43. The second-order valence-electron chi connectivity index (χ2n) is 5.18. The lowest BCUT2D eigenvalue weighted by Gasteiger charge is -2.39. The Labute approximate surface area is 103 Å². The lowest BCUT2D eigenvalue weighted by molar-refractivity contribution is 0.624. The maximum Gasteiger partial charge on any atom is 0.0570 e. The Bertz CT molecular complexity index is 510. The predicted molar refractivity (Wildman–Crippen MR) is 72.9 cm³/mol. The number of fused-ring (bicyclic) bond motifs is 3. The number of allylic oxidation sites excluding steroid dienone is 1. The van der Waals surface area contributed by atoms with Gasteiger partial charge in [-0.3, -0.25) is 4.99 Å². The second kappa shape index (κ2) is 3.83. The monoisotopic (exact) mass is 225 g/mol. The van der Waals surface area contributed by atoms with Crippen LogP contribution in [0.25, 0.3) is 0 Å². The van der Waals surface area contributed by atoms with Crippen molar-refractivity contribution in [2.24, 2.45) is 4.99 Å². The van der Waals surface area contributed by atoms with Gasteiger partial charge in [-0.25, -0.2) is 0 Å². The summed E-state index contributed by atoms with van der Waals surface area (Å²) in [5, 5.41) is 0. The quantitative estimate of drug-likeness (QED) is 0.648. The first-order valence-electron chi connectivity index (χ1n) is 6.58. The molecule has 0 spiro atoms. The zero-order chi connectivity index (χ0) is 11.9. The molecule has 3 rings (SSSR count). The summed E-state index contributed by atoms with van der Waals surface area (Å²) in [6, 6.07) is 6.90. The van der Waals surface area contributed by atoms with Gasteiger partial charge in [-0.1, -0.05) is 42.8 Å². The number of hydrogen-bond donors (Lipinski definition) is 0. The fraction of sp³-hybridized carbons (Fsp3) is 0.438. The molecule has 1 aromatic carbocycles. The molecule has 0 saturated heterocycles. The Hall–Kier alpha value is -1.37. The van der Waals surface area contributed by atoms with Gasteiger partial charge in [-0.05, 0) is 37.3 Å². The largest absolute Gasteiger partial charge is 0.289 e. The lowest BCUT2D eigenvalue weighted by Crippen LogP contribution is -2.39. The van der Waals surface area contributed by atoms with Gasteiger partial charge in [0.05, 0.1) is 12.0 Å². The van der Waals surface area contributed by atoms with Crippen LogP contribution in [0.15, 0.2) is 35.3 Å². The van der Waals surface area contributed by atoms with Crippen molar-refractivity contribution in [2.75, 3.05) is 6.54 Å². The van der Waals surface area contributed by atoms with Gasteiger partial charge in [0.15, 0.2) is 0 Å². The minimum absolute atomic E-state index is 0.109. The van der Waals surface area contributed by atoms with E-state index >= 15 is 0 Å². The van der Waals surface area contributed by atoms with Gasteiger partial charge in [0.25, 0.3) is 0 Å². The number of dihydropyridines is 1. The van der Waals surface area contributed by atoms with Gasteiger partial charge in [-0.15, -0.1) is 0 Å². The Morgan fingerprint density at radius 2 is 2.18 bits per heavy atom. The smallest absolute Gasteiger partial charge is 0.0570 e. The number of aliphatic imine (C=N–C) groups is 1. The maximum absolute atomic E-state index is 4.75. The van der Waals surface area contributed by atoms with Gasteiger partial charge in [0, 0.05) is 5.71 Å². The van der Waals surface area contributed by atoms with Gasteiger partial charge < -0.3 is 0 Å². The number of rotatable bonds is 1. The van der Waals surface area contributed by atoms with Crippen LogP contribution in [0.5, 0.6) is 0 Å². The van der Waals surface area contributed by atoms with Crippen molar-refractivity contribution in [1.82, 2.24) is 0 Å². The van der Waals surface area contributed by atoms with Crippen LogP contribution in [0.4, 0.5) is 0 Å². The molecular formula is C16H19N. The van der Waals surface area contributed by atoms with E-state index in [4.69, 9.17) is 4.99 Å². The SMILES string of the molecule is CCC12C=CCN=C1CCc1ccc(C)cc12. The highest BCUT2D eigenvalue weighted by molar-refractivity contribution is 5.99. The van der Waals surface area contributed by atoms with Gasteiger partial charge >= 0.3 is 0 Å². The third-order valence-corrected chi connectivity index (χ3v) is 4.24. The van der Waals surface area contributed by atoms with E-state index in [1.54, 1.807) is 0 Å². The Balaban J connectivity index is 2.24. The second-order valence-corrected chi connectivity index (χ2v) is 5.18. The standard InChI is InChI=1S/C16H19N/c1-3-16-9-4-10-17-15(16)8-7-13-6-5-12(2)11-14(13)16/h4-6,9,11H,3,7-8,10H2,1-2H3. The van der Waals surface area contributed by atoms with Gasteiger partial charge in [-0.2, -0.15) is 0 Å². The number of benzene rings is 1. The molecule has 1 atom stereocenters. The number of aryl methyl sites for hydroxylation is 2. The van der Waals surface area contributed by atoms with Crippen LogP contribution in [0.1, 0.15) is 36.5 Å². The third-order valence-electron chi connectivity index (χ3n) is 4.24. The summed E-state index contributed by atoms with van der Waals surface area (Å²) in [5.41, 5.74) is 5.89. The number of hydrogen-bond acceptors (Lipinski definition) is 1. The highest BCUT2D eigenvalue weighted by Gasteiger charge is 2.38. The van der Waals surface area contributed by atoms with Crippen molar-refractivity contribution >= 4 is 5.71 Å². The molecule has 0 bridgehead atoms. The van der Waals surface area contributed by atoms with Gasteiger partial charge in [0.1, 0.15) is 0 Å². The predicted octanol–water partition coefficient (Wildman–Crippen LogP) is 3.60. The molecule has 1 unspecified atom stereocenters. The molecule has 0 radical (unpaired) electrons. The van der Waals surface area contributed by atoms with Crippen LogP contribution >= 0.6 is 0 Å². The fourth-order valence-electron chi connectivity index (χ4n) is 3.29. The zero-order valence-electron chi connectivity index (χ0n) is 10.7. The van der Waals surface area contributed by atoms with Crippen molar-refractivity contribution in [3.05, 3.63) is 47.0 Å². The van der Waals surface area contributed by atoms with E-state index in [2.05, 4.69) is 44.2 Å². The molecule has 88 valence electrons. The lowest BCUT2D eigenvalue weighted by atomic mass is 9.66. The molecular weight excluding hydrogens is 206 g/mol. The molecule has 1 nitrogen and oxygen atoms in total. The first kappa shape index (κ1) is 10.8. The van der Waals surface area contributed by atoms with E-state index in [0.29, 0.717) is 0 Å². The van der Waals surface area contributed by atoms with Crippen LogP contribution in [0, 0.1) is 6.92 Å². The minimum atomic E-state index is 0.109. The van der Waals surface area contributed by atoms with Crippen LogP contribution in [0.3, 0.4) is 0 Å². The van der Waals surface area contributed by atoms with Crippen molar-refractivity contribution in [3.8, 4) is 0 Å². The van der Waals surface area contributed by atoms with E-state index in [-0.39, 0.29) is 5.41 Å². The molecule has 0 N–H and O–H groups in total. The summed E-state index contributed by atoms with van der Waals surface area (Å²) >= 11 is 0. The number of nitrogens with zero attached hydrogens (tertiary/aromatic N) is 1. The van der Waals surface area contributed by atoms with Crippen LogP contribution in [0.2, 0.25) is 0 Å². The minimum Gasteiger partial charge on any atom is -0.289 e. The van der Waals surface area contributed by atoms with E-state index in [1.165, 1.54) is 22.4 Å². The summed E-state index contributed by atoms with van der Waals surface area (Å²) in [6.45, 7) is 5.34. The summed E-state index contributed by atoms with van der Waals surface area (Å²) in [5.74, 6) is 0. The van der Waals surface area contributed by atoms with Gasteiger partial charge in [0.2, 0.25) is 0 Å². The summed E-state index contributed by atoms with van der Waals surface area (Å²) in [4.78, 5) is 4.75. The molecule has 1 aliphatic heterocycles. The fourth-order valence-corrected chi connectivity index (χ4v) is 3.29. The Morgan fingerprint density at radius 1 is 1.29 bits per heavy atom. The topological polar surface area (TPSA) is 12.4 Å². The first-order valence-corrected chi connectivity index (χ1v) is 6.58. The molecule has 0 fully saturated rings. The molecule has 0 amide bonds. The van der Waals surface area contributed by atoms with E-state index in [1.807, 2.05) is 0 Å². The molecule has 0 aromatic heterocycles. The molecule has 0 saturated carbocycles. The highest BCUT2D eigenvalue weighted by Crippen LogP contribution is 2.41. The normalized spacial score (nSPS) is 26.1. The van der Waals surface area contributed by atoms with Crippen molar-refractivity contribution in [2.45, 2.75) is 38.5 Å². The molecule has 17 heavy (non-hydrogen) atoms. The van der Waals surface area contributed by atoms with E-state index < -0.39 is 0 Å². The Morgan fingerprint density at radius 3 is 3.00 bits per heavy atom. The molecule has 1 aliphatic carbocycles. The van der Waals surface area contributed by atoms with Crippen molar-refractivity contribution in [1.29, 1.82) is 0 Å². The van der Waals surface area contributed by atoms with Crippen LogP contribution in [-0.4, -0.2) is 12.3 Å². The summed E-state index contributed by atoms with van der Waals surface area (Å²) < 4.78 is 0. The molecule has 2 aliphatic rings. The van der Waals surface area contributed by atoms with Crippen LogP contribution in [-0.2, 0) is 11.8 Å². The van der Waals surface area contributed by atoms with E-state index in [9.17, 15) is 0 Å². The molecule has 1 aromatic rings. The molecule has 1 heteroatoms. The average molecular weight is 225 g/mol. The highest BCUT2D eigenvalue weighted by atomic mass is 14.8. The summed E-state index contributed by atoms with van der Waals surface area (Å²) in [7, 11) is 0. The maximum atomic E-state index is 4.75. The third kappa shape index (κ3) is 1.49. The van der Waals surface area contributed by atoms with Crippen molar-refractivity contribution < 1.29 is 0 Å². The summed E-state index contributed by atoms with van der Waals surface area (Å²) in [6.07, 6.45) is 8.04. The molecule has 1 heterocycles. The van der Waals surface area contributed by atoms with Crippen LogP contribution < -0.4 is 0 Å². The van der Waals surface area contributed by atoms with Crippen molar-refractivity contribution in [3.63, 3.8) is 0 Å². The average Bonchev–Trinajstić information content (AvgIpc) is 2.38. The zero-order valence-corrected chi connectivity index (χ0v) is 10.7. The first-order chi connectivity index (χ1) is 8.26.